The molecule has 2 heteroatoms. The van der Waals surface area contributed by atoms with Crippen molar-refractivity contribution in [2.24, 2.45) is 0 Å². The monoisotopic (exact) mass is 502 g/mol. The Balaban J connectivity index is 0.00000280. The van der Waals surface area contributed by atoms with Crippen LogP contribution in [0.2, 0.25) is 0 Å². The maximum atomic E-state index is 2.35. The molecule has 0 spiro atoms. The standard InChI is InChI=1S/C26H32P.HI/c1-2-3-4-5-6-16-23-27(24-17-10-7-11-18-24,25-19-12-8-13-20-25)26-21-14-9-15-22-26;/h7-15,17-22H,2-6,16,23H2,1H3;1H/q+1;/p-1. The van der Waals surface area contributed by atoms with Crippen molar-refractivity contribution in [3.05, 3.63) is 91.0 Å². The van der Waals surface area contributed by atoms with Crippen molar-refractivity contribution in [1.82, 2.24) is 0 Å². The van der Waals surface area contributed by atoms with Crippen LogP contribution in [-0.4, -0.2) is 6.16 Å². The van der Waals surface area contributed by atoms with E-state index in [-0.39, 0.29) is 24.0 Å². The van der Waals surface area contributed by atoms with Crippen LogP contribution < -0.4 is 39.9 Å². The van der Waals surface area contributed by atoms with E-state index in [1.54, 1.807) is 0 Å². The summed E-state index contributed by atoms with van der Waals surface area (Å²) in [5, 5.41) is 4.53. The lowest BCUT2D eigenvalue weighted by atomic mass is 10.1. The van der Waals surface area contributed by atoms with Gasteiger partial charge in [0.25, 0.3) is 0 Å². The molecule has 0 radical (unpaired) electrons. The SMILES string of the molecule is CCCCCCCC[P+](c1ccccc1)(c1ccccc1)c1ccccc1.[I-]. The Morgan fingerprint density at radius 2 is 0.857 bits per heavy atom. The Labute approximate surface area is 189 Å². The Kier molecular flexibility index (Phi) is 10.2. The topological polar surface area (TPSA) is 0 Å². The molecule has 28 heavy (non-hydrogen) atoms. The molecule has 0 saturated carbocycles. The Morgan fingerprint density at radius 1 is 0.500 bits per heavy atom. The van der Waals surface area contributed by atoms with Gasteiger partial charge in [-0.2, -0.15) is 0 Å². The molecular weight excluding hydrogens is 470 g/mol. The van der Waals surface area contributed by atoms with Crippen LogP contribution in [-0.2, 0) is 0 Å². The molecule has 0 atom stereocenters. The molecule has 0 aliphatic rings. The first-order valence-electron chi connectivity index (χ1n) is 10.4. The van der Waals surface area contributed by atoms with E-state index in [0.29, 0.717) is 0 Å². The molecule has 0 unspecified atom stereocenters. The summed E-state index contributed by atoms with van der Waals surface area (Å²) in [5.74, 6) is 0. The van der Waals surface area contributed by atoms with Crippen molar-refractivity contribution in [2.45, 2.75) is 45.4 Å². The fraction of sp³-hybridized carbons (Fsp3) is 0.308. The first kappa shape index (κ1) is 23.1. The third-order valence-electron chi connectivity index (χ3n) is 5.44. The lowest BCUT2D eigenvalue weighted by Gasteiger charge is -2.27. The van der Waals surface area contributed by atoms with E-state index in [0.717, 1.165) is 0 Å². The van der Waals surface area contributed by atoms with Gasteiger partial charge >= 0.3 is 0 Å². The normalized spacial score (nSPS) is 11.0. The Bertz CT molecular complexity index is 675. The van der Waals surface area contributed by atoms with Crippen LogP contribution in [0.5, 0.6) is 0 Å². The quantitative estimate of drug-likeness (QED) is 0.227. The number of halogens is 1. The van der Waals surface area contributed by atoms with Gasteiger partial charge in [0.05, 0.1) is 6.16 Å². The van der Waals surface area contributed by atoms with Crippen molar-refractivity contribution >= 4 is 23.2 Å². The summed E-state index contributed by atoms with van der Waals surface area (Å²) >= 11 is 0. The molecule has 0 saturated heterocycles. The van der Waals surface area contributed by atoms with Crippen LogP contribution in [0.3, 0.4) is 0 Å². The van der Waals surface area contributed by atoms with Crippen LogP contribution >= 0.6 is 7.26 Å². The molecule has 0 amide bonds. The zero-order valence-corrected chi connectivity index (χ0v) is 20.0. The molecule has 3 rings (SSSR count). The number of benzene rings is 3. The summed E-state index contributed by atoms with van der Waals surface area (Å²) < 4.78 is 0. The van der Waals surface area contributed by atoms with E-state index in [1.807, 2.05) is 0 Å². The van der Waals surface area contributed by atoms with Crippen LogP contribution in [0, 0.1) is 0 Å². The molecule has 0 bridgehead atoms. The average molecular weight is 502 g/mol. The second-order valence-corrected chi connectivity index (χ2v) is 10.9. The molecular formula is C26H32IP. The predicted molar refractivity (Wildman–Crippen MR) is 123 cm³/mol. The van der Waals surface area contributed by atoms with Gasteiger partial charge in [-0.3, -0.25) is 0 Å². The van der Waals surface area contributed by atoms with Gasteiger partial charge < -0.3 is 24.0 Å². The highest BCUT2D eigenvalue weighted by Crippen LogP contribution is 2.55. The third-order valence-corrected chi connectivity index (χ3v) is 9.96. The maximum Gasteiger partial charge on any atom is 0.112 e. The lowest BCUT2D eigenvalue weighted by molar-refractivity contribution is -0.00000543. The summed E-state index contributed by atoms with van der Waals surface area (Å²) in [4.78, 5) is 0. The zero-order valence-electron chi connectivity index (χ0n) is 16.9. The molecule has 0 aliphatic carbocycles. The van der Waals surface area contributed by atoms with Gasteiger partial charge in [-0.25, -0.2) is 0 Å². The fourth-order valence-electron chi connectivity index (χ4n) is 4.01. The van der Waals surface area contributed by atoms with Gasteiger partial charge in [-0.1, -0.05) is 87.2 Å². The fourth-order valence-corrected chi connectivity index (χ4v) is 8.42. The predicted octanol–water partition coefficient (Wildman–Crippen LogP) is 3.35. The highest BCUT2D eigenvalue weighted by Gasteiger charge is 2.44. The second-order valence-electron chi connectivity index (χ2n) is 7.31. The minimum Gasteiger partial charge on any atom is -1.00 e. The van der Waals surface area contributed by atoms with Crippen LogP contribution in [0.15, 0.2) is 91.0 Å². The van der Waals surface area contributed by atoms with E-state index in [4.69, 9.17) is 0 Å². The van der Waals surface area contributed by atoms with Gasteiger partial charge in [0.2, 0.25) is 0 Å². The van der Waals surface area contributed by atoms with E-state index in [2.05, 4.69) is 97.9 Å². The summed E-state index contributed by atoms with van der Waals surface area (Å²) in [7, 11) is -1.61. The zero-order chi connectivity index (χ0) is 18.8. The van der Waals surface area contributed by atoms with Crippen molar-refractivity contribution < 1.29 is 24.0 Å². The number of unbranched alkanes of at least 4 members (excludes halogenated alkanes) is 5. The molecule has 0 heterocycles. The van der Waals surface area contributed by atoms with Crippen molar-refractivity contribution in [3.8, 4) is 0 Å². The number of hydrogen-bond acceptors (Lipinski definition) is 0. The molecule has 3 aromatic carbocycles. The third kappa shape index (κ3) is 5.67. The van der Waals surface area contributed by atoms with Gasteiger partial charge in [-0.15, -0.1) is 0 Å². The molecule has 3 aromatic rings. The van der Waals surface area contributed by atoms with Gasteiger partial charge in [0.1, 0.15) is 23.2 Å². The van der Waals surface area contributed by atoms with Crippen LogP contribution in [0.4, 0.5) is 0 Å². The van der Waals surface area contributed by atoms with E-state index >= 15 is 0 Å². The van der Waals surface area contributed by atoms with E-state index < -0.39 is 7.26 Å². The van der Waals surface area contributed by atoms with Gasteiger partial charge in [0, 0.05) is 0 Å². The molecule has 0 N–H and O–H groups in total. The van der Waals surface area contributed by atoms with E-state index in [9.17, 15) is 0 Å². The first-order chi connectivity index (χ1) is 13.4. The Morgan fingerprint density at radius 3 is 1.25 bits per heavy atom. The maximum absolute atomic E-state index is 2.35. The molecule has 0 nitrogen and oxygen atoms in total. The highest BCUT2D eigenvalue weighted by molar-refractivity contribution is 7.95. The Hall–Kier alpha value is -1.18. The summed E-state index contributed by atoms with van der Waals surface area (Å²) in [5.41, 5.74) is 0. The van der Waals surface area contributed by atoms with Crippen molar-refractivity contribution in [3.63, 3.8) is 0 Å². The van der Waals surface area contributed by atoms with E-state index in [1.165, 1.54) is 60.6 Å². The highest BCUT2D eigenvalue weighted by atomic mass is 127. The summed E-state index contributed by atoms with van der Waals surface area (Å²) in [6.45, 7) is 2.29. The van der Waals surface area contributed by atoms with Crippen LogP contribution in [0.1, 0.15) is 45.4 Å². The van der Waals surface area contributed by atoms with Crippen molar-refractivity contribution in [1.29, 1.82) is 0 Å². The molecule has 0 aromatic heterocycles. The average Bonchev–Trinajstić information content (AvgIpc) is 2.75. The largest absolute Gasteiger partial charge is 1.00 e. The van der Waals surface area contributed by atoms with Gasteiger partial charge in [-0.05, 0) is 49.2 Å². The summed E-state index contributed by atoms with van der Waals surface area (Å²) in [6, 6.07) is 33.8. The lowest BCUT2D eigenvalue weighted by Crippen LogP contribution is -3.00. The second kappa shape index (κ2) is 12.4. The smallest absolute Gasteiger partial charge is 0.112 e. The summed E-state index contributed by atoms with van der Waals surface area (Å²) in [6.07, 6.45) is 9.34. The molecule has 148 valence electrons. The minimum atomic E-state index is -1.61. The van der Waals surface area contributed by atoms with Crippen molar-refractivity contribution in [2.75, 3.05) is 6.16 Å². The number of hydrogen-bond donors (Lipinski definition) is 0. The minimum absolute atomic E-state index is 0. The van der Waals surface area contributed by atoms with Gasteiger partial charge in [0.15, 0.2) is 0 Å². The first-order valence-corrected chi connectivity index (χ1v) is 12.4. The van der Waals surface area contributed by atoms with Crippen LogP contribution in [0.25, 0.3) is 0 Å². The number of rotatable bonds is 10. The molecule has 0 aliphatic heterocycles. The molecule has 0 fully saturated rings.